The summed E-state index contributed by atoms with van der Waals surface area (Å²) in [5.41, 5.74) is 1.78. The molecule has 0 aliphatic rings. The molecule has 82 valence electrons. The van der Waals surface area contributed by atoms with Crippen molar-refractivity contribution in [3.63, 3.8) is 0 Å². The van der Waals surface area contributed by atoms with Gasteiger partial charge in [-0.1, -0.05) is 37.3 Å². The van der Waals surface area contributed by atoms with Crippen LogP contribution < -0.4 is 5.32 Å². The van der Waals surface area contributed by atoms with Crippen molar-refractivity contribution in [1.29, 1.82) is 0 Å². The highest BCUT2D eigenvalue weighted by Crippen LogP contribution is 2.12. The second-order valence-electron chi connectivity index (χ2n) is 3.75. The lowest BCUT2D eigenvalue weighted by Gasteiger charge is -2.18. The first kappa shape index (κ1) is 11.9. The Morgan fingerprint density at radius 1 is 1.47 bits per heavy atom. The molecule has 0 bridgehead atoms. The fourth-order valence-electron chi connectivity index (χ4n) is 1.55. The van der Waals surface area contributed by atoms with E-state index in [-0.39, 0.29) is 11.9 Å². The van der Waals surface area contributed by atoms with E-state index in [1.807, 2.05) is 26.0 Å². The molecule has 1 atom stereocenters. The molecule has 0 aliphatic carbocycles. The highest BCUT2D eigenvalue weighted by molar-refractivity contribution is 5.21. The smallest absolute Gasteiger partial charge is 0.126 e. The van der Waals surface area contributed by atoms with Crippen molar-refractivity contribution in [2.45, 2.75) is 26.3 Å². The Morgan fingerprint density at radius 2 is 2.13 bits per heavy atom. The Balaban J connectivity index is 2.74. The quantitative estimate of drug-likeness (QED) is 0.732. The number of hydrogen-bond acceptors (Lipinski definition) is 1. The summed E-state index contributed by atoms with van der Waals surface area (Å²) in [5.74, 6) is -0.137. The molecule has 0 fully saturated rings. The largest absolute Gasteiger partial charge is 0.310 e. The van der Waals surface area contributed by atoms with Crippen molar-refractivity contribution in [2.24, 2.45) is 0 Å². The van der Waals surface area contributed by atoms with E-state index in [9.17, 15) is 4.39 Å². The maximum Gasteiger partial charge on any atom is 0.126 e. The van der Waals surface area contributed by atoms with Crippen LogP contribution in [0.3, 0.4) is 0 Å². The van der Waals surface area contributed by atoms with Crippen molar-refractivity contribution in [3.05, 3.63) is 47.8 Å². The topological polar surface area (TPSA) is 12.0 Å². The summed E-state index contributed by atoms with van der Waals surface area (Å²) in [7, 11) is 0. The Labute approximate surface area is 91.0 Å². The molecule has 1 aromatic carbocycles. The van der Waals surface area contributed by atoms with E-state index >= 15 is 0 Å². The molecule has 1 aromatic rings. The summed E-state index contributed by atoms with van der Waals surface area (Å²) in [5, 5.41) is 3.29. The summed E-state index contributed by atoms with van der Waals surface area (Å²) in [6, 6.07) is 7.05. The molecule has 0 saturated carbocycles. The van der Waals surface area contributed by atoms with Gasteiger partial charge in [0.05, 0.1) is 0 Å². The van der Waals surface area contributed by atoms with Crippen molar-refractivity contribution in [2.75, 3.05) is 6.54 Å². The number of rotatable bonds is 5. The minimum atomic E-state index is -0.137. The summed E-state index contributed by atoms with van der Waals surface area (Å²) in [4.78, 5) is 0. The van der Waals surface area contributed by atoms with Gasteiger partial charge in [-0.3, -0.25) is 0 Å². The second-order valence-corrected chi connectivity index (χ2v) is 3.75. The fourth-order valence-corrected chi connectivity index (χ4v) is 1.55. The predicted molar refractivity (Wildman–Crippen MR) is 62.4 cm³/mol. The molecule has 0 heterocycles. The van der Waals surface area contributed by atoms with Gasteiger partial charge < -0.3 is 5.32 Å². The molecule has 1 unspecified atom stereocenters. The average Bonchev–Trinajstić information content (AvgIpc) is 2.20. The second kappa shape index (κ2) is 5.66. The molecule has 1 N–H and O–H groups in total. The van der Waals surface area contributed by atoms with Crippen LogP contribution in [0.15, 0.2) is 36.4 Å². The molecule has 0 aliphatic heterocycles. The molecule has 0 radical (unpaired) electrons. The van der Waals surface area contributed by atoms with Crippen LogP contribution in [0.5, 0.6) is 0 Å². The minimum absolute atomic E-state index is 0.137. The van der Waals surface area contributed by atoms with E-state index in [1.54, 1.807) is 6.07 Å². The van der Waals surface area contributed by atoms with Crippen molar-refractivity contribution in [1.82, 2.24) is 5.32 Å². The van der Waals surface area contributed by atoms with E-state index in [2.05, 4.69) is 11.9 Å². The van der Waals surface area contributed by atoms with Gasteiger partial charge in [0.1, 0.15) is 5.82 Å². The minimum Gasteiger partial charge on any atom is -0.310 e. The first-order chi connectivity index (χ1) is 7.15. The maximum atomic E-state index is 13.4. The van der Waals surface area contributed by atoms with E-state index in [4.69, 9.17) is 0 Å². The number of nitrogens with one attached hydrogen (secondary N) is 1. The van der Waals surface area contributed by atoms with Crippen molar-refractivity contribution in [3.8, 4) is 0 Å². The maximum absolute atomic E-state index is 13.4. The summed E-state index contributed by atoms with van der Waals surface area (Å²) in [6.07, 6.45) is 0.663. The van der Waals surface area contributed by atoms with Crippen LogP contribution in [-0.2, 0) is 6.42 Å². The van der Waals surface area contributed by atoms with Gasteiger partial charge >= 0.3 is 0 Å². The Hall–Kier alpha value is -1.15. The molecular weight excluding hydrogens is 189 g/mol. The molecule has 15 heavy (non-hydrogen) atoms. The van der Waals surface area contributed by atoms with E-state index in [1.165, 1.54) is 6.07 Å². The predicted octanol–water partition coefficient (Wildman–Crippen LogP) is 2.92. The molecule has 0 saturated heterocycles. The summed E-state index contributed by atoms with van der Waals surface area (Å²) in [6.45, 7) is 8.79. The van der Waals surface area contributed by atoms with Crippen molar-refractivity contribution < 1.29 is 4.39 Å². The normalized spacial score (nSPS) is 12.5. The zero-order chi connectivity index (χ0) is 11.3. The van der Waals surface area contributed by atoms with Gasteiger partial charge in [0.25, 0.3) is 0 Å². The van der Waals surface area contributed by atoms with Crippen LogP contribution in [-0.4, -0.2) is 12.6 Å². The lowest BCUT2D eigenvalue weighted by molar-refractivity contribution is 0.556. The monoisotopic (exact) mass is 207 g/mol. The van der Waals surface area contributed by atoms with E-state index < -0.39 is 0 Å². The molecule has 0 aromatic heterocycles. The number of hydrogen-bond donors (Lipinski definition) is 1. The molecule has 1 nitrogen and oxygen atoms in total. The third kappa shape index (κ3) is 3.48. The SMILES string of the molecule is C=C(C)C(Cc1ccccc1F)NCC. The third-order valence-corrected chi connectivity index (χ3v) is 2.43. The zero-order valence-corrected chi connectivity index (χ0v) is 9.39. The lowest BCUT2D eigenvalue weighted by Crippen LogP contribution is -2.31. The van der Waals surface area contributed by atoms with Gasteiger partial charge in [0, 0.05) is 6.04 Å². The molecule has 2 heteroatoms. The van der Waals surface area contributed by atoms with Gasteiger partial charge in [0.2, 0.25) is 0 Å². The molecule has 1 rings (SSSR count). The number of benzene rings is 1. The average molecular weight is 207 g/mol. The third-order valence-electron chi connectivity index (χ3n) is 2.43. The summed E-state index contributed by atoms with van der Waals surface area (Å²) < 4.78 is 13.4. The standard InChI is InChI=1S/C13H18FN/c1-4-15-13(10(2)3)9-11-7-5-6-8-12(11)14/h5-8,13,15H,2,4,9H2,1,3H3. The molecule has 0 amide bonds. The highest BCUT2D eigenvalue weighted by Gasteiger charge is 2.11. The lowest BCUT2D eigenvalue weighted by atomic mass is 10.0. The van der Waals surface area contributed by atoms with Gasteiger partial charge in [0.15, 0.2) is 0 Å². The Bertz CT molecular complexity index is 333. The van der Waals surface area contributed by atoms with Gasteiger partial charge in [-0.2, -0.15) is 0 Å². The van der Waals surface area contributed by atoms with Crippen LogP contribution in [0.2, 0.25) is 0 Å². The van der Waals surface area contributed by atoms with Crippen molar-refractivity contribution >= 4 is 0 Å². The van der Waals surface area contributed by atoms with Crippen LogP contribution in [0, 0.1) is 5.82 Å². The first-order valence-corrected chi connectivity index (χ1v) is 5.27. The highest BCUT2D eigenvalue weighted by atomic mass is 19.1. The Morgan fingerprint density at radius 3 is 2.67 bits per heavy atom. The first-order valence-electron chi connectivity index (χ1n) is 5.27. The van der Waals surface area contributed by atoms with E-state index in [0.29, 0.717) is 6.42 Å². The molecular formula is C13H18FN. The van der Waals surface area contributed by atoms with Gasteiger partial charge in [-0.15, -0.1) is 0 Å². The summed E-state index contributed by atoms with van der Waals surface area (Å²) >= 11 is 0. The van der Waals surface area contributed by atoms with Gasteiger partial charge in [-0.05, 0) is 31.5 Å². The molecule has 0 spiro atoms. The van der Waals surface area contributed by atoms with Crippen LogP contribution >= 0.6 is 0 Å². The fraction of sp³-hybridized carbons (Fsp3) is 0.385. The number of likely N-dealkylation sites (N-methyl/N-ethyl adjacent to an activating group) is 1. The van der Waals surface area contributed by atoms with Crippen LogP contribution in [0.25, 0.3) is 0 Å². The number of halogens is 1. The van der Waals surface area contributed by atoms with Crippen LogP contribution in [0.4, 0.5) is 4.39 Å². The van der Waals surface area contributed by atoms with Crippen LogP contribution in [0.1, 0.15) is 19.4 Å². The van der Waals surface area contributed by atoms with Gasteiger partial charge in [-0.25, -0.2) is 4.39 Å². The Kier molecular flexibility index (Phi) is 4.50. The van der Waals surface area contributed by atoms with E-state index in [0.717, 1.165) is 17.7 Å². The zero-order valence-electron chi connectivity index (χ0n) is 9.39.